The molecule has 0 radical (unpaired) electrons. The van der Waals surface area contributed by atoms with Crippen LogP contribution in [0, 0.1) is 5.82 Å². The number of nitrogens with one attached hydrogen (secondary N) is 1. The van der Waals surface area contributed by atoms with Crippen molar-refractivity contribution in [3.63, 3.8) is 0 Å². The van der Waals surface area contributed by atoms with Gasteiger partial charge in [-0.05, 0) is 39.3 Å². The highest BCUT2D eigenvalue weighted by Gasteiger charge is 2.19. The normalized spacial score (nSPS) is 11.4. The maximum atomic E-state index is 12.8. The predicted molar refractivity (Wildman–Crippen MR) is 62.6 cm³/mol. The van der Waals surface area contributed by atoms with Gasteiger partial charge >= 0.3 is 0 Å². The molecule has 10 heteroatoms. The zero-order valence-corrected chi connectivity index (χ0v) is 11.2. The van der Waals surface area contributed by atoms with Gasteiger partial charge < -0.3 is 0 Å². The van der Waals surface area contributed by atoms with Gasteiger partial charge in [-0.15, -0.1) is 0 Å². The molecule has 2 aromatic rings. The number of aromatic nitrogens is 3. The second-order valence-electron chi connectivity index (χ2n) is 2.85. The van der Waals surface area contributed by atoms with E-state index in [1.807, 2.05) is 0 Å². The van der Waals surface area contributed by atoms with Crippen molar-refractivity contribution in [2.75, 3.05) is 4.72 Å². The molecule has 0 aliphatic rings. The lowest BCUT2D eigenvalue weighted by Gasteiger charge is -2.06. The Morgan fingerprint density at radius 3 is 2.76 bits per heavy atom. The monoisotopic (exact) mass is 338 g/mol. The molecule has 0 spiro atoms. The zero-order chi connectivity index (χ0) is 12.5. The van der Waals surface area contributed by atoms with Crippen LogP contribution < -0.4 is 4.72 Å². The third kappa shape index (κ3) is 2.76. The van der Waals surface area contributed by atoms with E-state index in [1.165, 1.54) is 0 Å². The van der Waals surface area contributed by atoms with E-state index in [1.54, 1.807) is 0 Å². The Labute approximate surface area is 108 Å². The third-order valence-electron chi connectivity index (χ3n) is 1.70. The molecule has 17 heavy (non-hydrogen) atoms. The summed E-state index contributed by atoms with van der Waals surface area (Å²) in [5.41, 5.74) is 0. The summed E-state index contributed by atoms with van der Waals surface area (Å²) in [6.07, 6.45) is 0. The summed E-state index contributed by atoms with van der Waals surface area (Å²) in [5.74, 6) is -0.534. The van der Waals surface area contributed by atoms with E-state index in [2.05, 4.69) is 35.5 Å². The molecule has 1 aromatic heterocycles. The first kappa shape index (κ1) is 12.3. The molecule has 0 unspecified atom stereocenters. The number of hydrogen-bond donors (Lipinski definition) is 1. The summed E-state index contributed by atoms with van der Waals surface area (Å²) in [6, 6.07) is 3.26. The molecule has 0 saturated carbocycles. The van der Waals surface area contributed by atoms with Crippen LogP contribution in [-0.4, -0.2) is 23.2 Å². The Morgan fingerprint density at radius 1 is 1.41 bits per heavy atom. The van der Waals surface area contributed by atoms with E-state index >= 15 is 0 Å². The minimum atomic E-state index is -3.83. The molecule has 0 aliphatic heterocycles. The first-order valence-corrected chi connectivity index (χ1v) is 7.17. The van der Waals surface area contributed by atoms with E-state index in [0.29, 0.717) is 0 Å². The van der Waals surface area contributed by atoms with Crippen molar-refractivity contribution < 1.29 is 12.8 Å². The minimum Gasteiger partial charge on any atom is -0.252 e. The van der Waals surface area contributed by atoms with Gasteiger partial charge in [0.2, 0.25) is 5.13 Å². The van der Waals surface area contributed by atoms with E-state index in [9.17, 15) is 12.8 Å². The van der Waals surface area contributed by atoms with Gasteiger partial charge in [-0.3, -0.25) is 4.72 Å². The lowest BCUT2D eigenvalue weighted by molar-refractivity contribution is 0.598. The van der Waals surface area contributed by atoms with Gasteiger partial charge in [0.1, 0.15) is 10.7 Å². The number of rotatable bonds is 3. The summed E-state index contributed by atoms with van der Waals surface area (Å²) in [4.78, 5) is -0.0888. The van der Waals surface area contributed by atoms with Crippen LogP contribution in [-0.2, 0) is 10.0 Å². The highest BCUT2D eigenvalue weighted by Crippen LogP contribution is 2.24. The lowest BCUT2D eigenvalue weighted by atomic mass is 10.3. The third-order valence-corrected chi connectivity index (χ3v) is 4.66. The van der Waals surface area contributed by atoms with Crippen LogP contribution in [0.5, 0.6) is 0 Å². The van der Waals surface area contributed by atoms with Crippen molar-refractivity contribution >= 4 is 42.6 Å². The van der Waals surface area contributed by atoms with Gasteiger partial charge in [0.15, 0.2) is 0 Å². The standard InChI is InChI=1S/C7H4BrFN4O2S2/c8-5-3-4(9)1-2-6(5)17(14,15)11-7-10-12-13-16-7/h1-3H,(H,10,11,13). The molecule has 0 saturated heterocycles. The van der Waals surface area contributed by atoms with Gasteiger partial charge in [0.25, 0.3) is 10.0 Å². The van der Waals surface area contributed by atoms with Crippen LogP contribution in [0.3, 0.4) is 0 Å². The fourth-order valence-corrected chi connectivity index (χ4v) is 3.67. The Morgan fingerprint density at radius 2 is 2.18 bits per heavy atom. The molecule has 90 valence electrons. The molecule has 1 heterocycles. The van der Waals surface area contributed by atoms with Crippen LogP contribution in [0.15, 0.2) is 27.6 Å². The van der Waals surface area contributed by atoms with Gasteiger partial charge in [0.05, 0.1) is 0 Å². The number of hydrogen-bond acceptors (Lipinski definition) is 6. The fraction of sp³-hybridized carbons (Fsp3) is 0. The highest BCUT2D eigenvalue weighted by molar-refractivity contribution is 9.10. The molecule has 1 N–H and O–H groups in total. The number of sulfonamides is 1. The van der Waals surface area contributed by atoms with Crippen LogP contribution >= 0.6 is 27.5 Å². The van der Waals surface area contributed by atoms with Crippen molar-refractivity contribution in [2.24, 2.45) is 0 Å². The molecule has 2 rings (SSSR count). The molecular weight excluding hydrogens is 335 g/mol. The Balaban J connectivity index is 2.38. The first-order chi connectivity index (χ1) is 7.99. The maximum absolute atomic E-state index is 12.8. The maximum Gasteiger partial charge on any atom is 0.264 e. The predicted octanol–water partition coefficient (Wildman–Crippen LogP) is 1.64. The van der Waals surface area contributed by atoms with E-state index in [0.717, 1.165) is 29.7 Å². The average molecular weight is 339 g/mol. The number of halogens is 2. The smallest absolute Gasteiger partial charge is 0.252 e. The molecule has 0 fully saturated rings. The summed E-state index contributed by atoms with van der Waals surface area (Å²) in [7, 11) is -3.83. The van der Waals surface area contributed by atoms with Gasteiger partial charge in [0, 0.05) is 16.0 Å². The summed E-state index contributed by atoms with van der Waals surface area (Å²) in [5, 5.41) is 6.75. The molecule has 0 bridgehead atoms. The van der Waals surface area contributed by atoms with Gasteiger partial charge in [-0.2, -0.15) is 0 Å². The molecular formula is C7H4BrFN4O2S2. The topological polar surface area (TPSA) is 84.8 Å². The molecule has 0 amide bonds. The molecule has 1 aromatic carbocycles. The van der Waals surface area contributed by atoms with Crippen LogP contribution in [0.1, 0.15) is 0 Å². The van der Waals surface area contributed by atoms with Crippen molar-refractivity contribution in [1.82, 2.24) is 14.8 Å². The van der Waals surface area contributed by atoms with E-state index in [4.69, 9.17) is 0 Å². The SMILES string of the molecule is O=S(=O)(Nc1nnns1)c1ccc(F)cc1Br. The van der Waals surface area contributed by atoms with Crippen LogP contribution in [0.25, 0.3) is 0 Å². The molecule has 0 atom stereocenters. The van der Waals surface area contributed by atoms with Crippen molar-refractivity contribution in [2.45, 2.75) is 4.90 Å². The average Bonchev–Trinajstić information content (AvgIpc) is 2.68. The number of benzene rings is 1. The number of nitrogens with zero attached hydrogens (tertiary/aromatic N) is 3. The first-order valence-electron chi connectivity index (χ1n) is 4.12. The van der Waals surface area contributed by atoms with Gasteiger partial charge in [-0.1, -0.05) is 9.59 Å². The van der Waals surface area contributed by atoms with E-state index in [-0.39, 0.29) is 14.5 Å². The van der Waals surface area contributed by atoms with Crippen LogP contribution in [0.2, 0.25) is 0 Å². The summed E-state index contributed by atoms with van der Waals surface area (Å²) in [6.45, 7) is 0. The largest absolute Gasteiger partial charge is 0.264 e. The fourth-order valence-electron chi connectivity index (χ4n) is 1.04. The second kappa shape index (κ2) is 4.63. The van der Waals surface area contributed by atoms with Gasteiger partial charge in [-0.25, -0.2) is 12.8 Å². The zero-order valence-electron chi connectivity index (χ0n) is 7.96. The van der Waals surface area contributed by atoms with E-state index < -0.39 is 15.8 Å². The highest BCUT2D eigenvalue weighted by atomic mass is 79.9. The Kier molecular flexibility index (Phi) is 3.35. The Bertz CT molecular complexity index is 631. The summed E-state index contributed by atoms with van der Waals surface area (Å²) < 4.78 is 42.3. The lowest BCUT2D eigenvalue weighted by Crippen LogP contribution is -2.13. The molecule has 0 aliphatic carbocycles. The Hall–Kier alpha value is -1.13. The quantitative estimate of drug-likeness (QED) is 0.919. The van der Waals surface area contributed by atoms with Crippen molar-refractivity contribution in [1.29, 1.82) is 0 Å². The number of anilines is 1. The van der Waals surface area contributed by atoms with Crippen molar-refractivity contribution in [3.8, 4) is 0 Å². The minimum absolute atomic E-state index is 0.0428. The second-order valence-corrected chi connectivity index (χ2v) is 6.09. The summed E-state index contributed by atoms with van der Waals surface area (Å²) >= 11 is 3.78. The molecule has 6 nitrogen and oxygen atoms in total. The van der Waals surface area contributed by atoms with Crippen molar-refractivity contribution in [3.05, 3.63) is 28.5 Å². The van der Waals surface area contributed by atoms with Crippen LogP contribution in [0.4, 0.5) is 9.52 Å².